The molecule has 3 heterocycles. The number of hydrogen-bond donors (Lipinski definition) is 0. The maximum atomic E-state index is 13.5. The van der Waals surface area contributed by atoms with Crippen molar-refractivity contribution in [3.63, 3.8) is 0 Å². The fourth-order valence-electron chi connectivity index (χ4n) is 3.69. The van der Waals surface area contributed by atoms with Crippen LogP contribution in [0.15, 0.2) is 33.7 Å². The molecule has 160 valence electrons. The van der Waals surface area contributed by atoms with Gasteiger partial charge in [-0.25, -0.2) is 13.4 Å². The first-order valence-corrected chi connectivity index (χ1v) is 11.1. The summed E-state index contributed by atoms with van der Waals surface area (Å²) in [5.74, 6) is 1.79. The van der Waals surface area contributed by atoms with E-state index >= 15 is 0 Å². The molecule has 0 saturated carbocycles. The summed E-state index contributed by atoms with van der Waals surface area (Å²) in [6.45, 7) is 5.01. The summed E-state index contributed by atoms with van der Waals surface area (Å²) in [6.07, 6.45) is 2.17. The van der Waals surface area contributed by atoms with E-state index in [0.717, 1.165) is 11.3 Å². The lowest BCUT2D eigenvalue weighted by Crippen LogP contribution is -2.36. The predicted molar refractivity (Wildman–Crippen MR) is 109 cm³/mol. The molecule has 1 aliphatic heterocycles. The minimum Gasteiger partial charge on any atom is -0.497 e. The van der Waals surface area contributed by atoms with E-state index in [2.05, 4.69) is 10.1 Å². The largest absolute Gasteiger partial charge is 0.497 e. The van der Waals surface area contributed by atoms with Gasteiger partial charge in [-0.15, -0.1) is 0 Å². The second-order valence-electron chi connectivity index (χ2n) is 6.97. The van der Waals surface area contributed by atoms with Crippen LogP contribution in [0.1, 0.15) is 23.9 Å². The molecule has 1 aromatic carbocycles. The Bertz CT molecular complexity index is 1180. The molecule has 30 heavy (non-hydrogen) atoms. The fourth-order valence-corrected chi connectivity index (χ4v) is 5.27. The molecule has 0 unspecified atom stereocenters. The van der Waals surface area contributed by atoms with Crippen molar-refractivity contribution in [3.8, 4) is 23.1 Å². The SMILES string of the molecule is CCn1nc(-c2ncc(C)o2)c2c1CCN(S(=O)(=O)c1cc(OC)ccc1OC)C2. The molecule has 0 fully saturated rings. The van der Waals surface area contributed by atoms with Crippen LogP contribution in [0, 0.1) is 6.92 Å². The van der Waals surface area contributed by atoms with Crippen LogP contribution in [0.4, 0.5) is 0 Å². The van der Waals surface area contributed by atoms with Gasteiger partial charge >= 0.3 is 0 Å². The Morgan fingerprint density at radius 1 is 1.23 bits per heavy atom. The summed E-state index contributed by atoms with van der Waals surface area (Å²) in [5, 5.41) is 4.64. The minimum absolute atomic E-state index is 0.0733. The minimum atomic E-state index is -3.83. The monoisotopic (exact) mass is 432 g/mol. The molecular weight excluding hydrogens is 408 g/mol. The Hall–Kier alpha value is -2.85. The van der Waals surface area contributed by atoms with E-state index in [1.165, 1.54) is 24.6 Å². The van der Waals surface area contributed by atoms with Crippen LogP contribution < -0.4 is 9.47 Å². The lowest BCUT2D eigenvalue weighted by molar-refractivity contribution is 0.370. The smallest absolute Gasteiger partial charge is 0.247 e. The van der Waals surface area contributed by atoms with Crippen molar-refractivity contribution in [2.75, 3.05) is 20.8 Å². The van der Waals surface area contributed by atoms with Crippen molar-refractivity contribution in [2.45, 2.75) is 38.3 Å². The van der Waals surface area contributed by atoms with Crippen molar-refractivity contribution >= 4 is 10.0 Å². The fraction of sp³-hybridized carbons (Fsp3) is 0.400. The van der Waals surface area contributed by atoms with Crippen LogP contribution in [0.5, 0.6) is 11.5 Å². The number of aryl methyl sites for hydroxylation is 2. The van der Waals surface area contributed by atoms with E-state index < -0.39 is 10.0 Å². The quantitative estimate of drug-likeness (QED) is 0.590. The Balaban J connectivity index is 1.76. The third-order valence-corrected chi connectivity index (χ3v) is 7.08. The Morgan fingerprint density at radius 2 is 2.03 bits per heavy atom. The van der Waals surface area contributed by atoms with Gasteiger partial charge in [0.25, 0.3) is 0 Å². The van der Waals surface area contributed by atoms with Gasteiger partial charge in [0.05, 0.1) is 20.4 Å². The first kappa shape index (κ1) is 20.4. The van der Waals surface area contributed by atoms with E-state index in [0.29, 0.717) is 42.6 Å². The Labute approximate surface area is 175 Å². The van der Waals surface area contributed by atoms with E-state index in [4.69, 9.17) is 13.9 Å². The van der Waals surface area contributed by atoms with E-state index in [1.54, 1.807) is 18.3 Å². The van der Waals surface area contributed by atoms with Crippen LogP contribution >= 0.6 is 0 Å². The average Bonchev–Trinajstić information content (AvgIpc) is 3.35. The molecule has 10 heteroatoms. The lowest BCUT2D eigenvalue weighted by Gasteiger charge is -2.27. The molecule has 0 amide bonds. The van der Waals surface area contributed by atoms with Crippen LogP contribution in [-0.2, 0) is 29.5 Å². The Morgan fingerprint density at radius 3 is 2.67 bits per heavy atom. The summed E-state index contributed by atoms with van der Waals surface area (Å²) < 4.78 is 46.5. The number of ether oxygens (including phenoxy) is 2. The average molecular weight is 433 g/mol. The number of aromatic nitrogens is 3. The number of rotatable bonds is 6. The van der Waals surface area contributed by atoms with Gasteiger partial charge in [-0.05, 0) is 26.0 Å². The van der Waals surface area contributed by atoms with Crippen molar-refractivity contribution in [3.05, 3.63) is 41.4 Å². The molecule has 9 nitrogen and oxygen atoms in total. The molecule has 0 N–H and O–H groups in total. The highest BCUT2D eigenvalue weighted by molar-refractivity contribution is 7.89. The van der Waals surface area contributed by atoms with Crippen LogP contribution in [-0.4, -0.2) is 48.3 Å². The van der Waals surface area contributed by atoms with Crippen molar-refractivity contribution in [1.29, 1.82) is 0 Å². The highest BCUT2D eigenvalue weighted by atomic mass is 32.2. The molecule has 0 spiro atoms. The van der Waals surface area contributed by atoms with E-state index in [1.807, 2.05) is 18.5 Å². The molecule has 0 aliphatic carbocycles. The van der Waals surface area contributed by atoms with Gasteiger partial charge < -0.3 is 13.9 Å². The molecule has 0 saturated heterocycles. The van der Waals surface area contributed by atoms with Crippen molar-refractivity contribution in [1.82, 2.24) is 19.1 Å². The third-order valence-electron chi connectivity index (χ3n) is 5.21. The first-order chi connectivity index (χ1) is 14.4. The topological polar surface area (TPSA) is 99.7 Å². The standard InChI is InChI=1S/C20H24N4O5S/c1-5-24-16-8-9-23(12-15(16)19(22-24)20-21-11-13(2)29-20)30(25,26)18-10-14(27-3)6-7-17(18)28-4/h6-7,10-11H,5,8-9,12H2,1-4H3. The zero-order valence-corrected chi connectivity index (χ0v) is 18.2. The van der Waals surface area contributed by atoms with Gasteiger partial charge in [0.1, 0.15) is 22.2 Å². The first-order valence-electron chi connectivity index (χ1n) is 9.62. The van der Waals surface area contributed by atoms with Gasteiger partial charge in [-0.3, -0.25) is 4.68 Å². The number of benzene rings is 1. The molecule has 0 atom stereocenters. The second-order valence-corrected chi connectivity index (χ2v) is 8.88. The molecule has 1 aliphatic rings. The summed E-state index contributed by atoms with van der Waals surface area (Å²) in [7, 11) is -0.888. The number of oxazole rings is 1. The van der Waals surface area contributed by atoms with Gasteiger partial charge in [0.15, 0.2) is 5.69 Å². The van der Waals surface area contributed by atoms with Gasteiger partial charge in [0.2, 0.25) is 15.9 Å². The van der Waals surface area contributed by atoms with E-state index in [9.17, 15) is 8.42 Å². The maximum absolute atomic E-state index is 13.5. The highest BCUT2D eigenvalue weighted by Gasteiger charge is 2.35. The van der Waals surface area contributed by atoms with Crippen molar-refractivity contribution < 1.29 is 22.3 Å². The van der Waals surface area contributed by atoms with Crippen LogP contribution in [0.2, 0.25) is 0 Å². The maximum Gasteiger partial charge on any atom is 0.247 e. The number of methoxy groups -OCH3 is 2. The molecule has 3 aromatic rings. The molecule has 4 rings (SSSR count). The summed E-state index contributed by atoms with van der Waals surface area (Å²) in [4.78, 5) is 4.36. The van der Waals surface area contributed by atoms with E-state index in [-0.39, 0.29) is 17.2 Å². The summed E-state index contributed by atoms with van der Waals surface area (Å²) in [5.41, 5.74) is 2.40. The number of hydrogen-bond acceptors (Lipinski definition) is 7. The van der Waals surface area contributed by atoms with Gasteiger partial charge in [-0.2, -0.15) is 9.40 Å². The molecule has 2 aromatic heterocycles. The predicted octanol–water partition coefficient (Wildman–Crippen LogP) is 2.63. The van der Waals surface area contributed by atoms with Crippen molar-refractivity contribution in [2.24, 2.45) is 0 Å². The van der Waals surface area contributed by atoms with Crippen LogP contribution in [0.3, 0.4) is 0 Å². The molecule has 0 radical (unpaired) electrons. The molecular formula is C20H24N4O5S. The molecule has 0 bridgehead atoms. The normalized spacial score (nSPS) is 14.5. The number of fused-ring (bicyclic) bond motifs is 1. The number of nitrogens with zero attached hydrogens (tertiary/aromatic N) is 4. The van der Waals surface area contributed by atoms with Crippen LogP contribution in [0.25, 0.3) is 11.6 Å². The third kappa shape index (κ3) is 3.35. The zero-order valence-electron chi connectivity index (χ0n) is 17.4. The van der Waals surface area contributed by atoms with Gasteiger partial charge in [0, 0.05) is 43.4 Å². The second kappa shape index (κ2) is 7.77. The highest BCUT2D eigenvalue weighted by Crippen LogP contribution is 2.35. The summed E-state index contributed by atoms with van der Waals surface area (Å²) >= 11 is 0. The summed E-state index contributed by atoms with van der Waals surface area (Å²) in [6, 6.07) is 4.75. The number of sulfonamides is 1. The van der Waals surface area contributed by atoms with Gasteiger partial charge in [-0.1, -0.05) is 0 Å². The zero-order chi connectivity index (χ0) is 21.5. The Kier molecular flexibility index (Phi) is 5.29. The lowest BCUT2D eigenvalue weighted by atomic mass is 10.1.